The molecule has 0 saturated heterocycles. The van der Waals surface area contributed by atoms with E-state index in [0.717, 1.165) is 64.2 Å². The molecule has 0 fully saturated rings. The second-order valence-corrected chi connectivity index (χ2v) is 22.0. The minimum absolute atomic E-state index is 0.147. The van der Waals surface area contributed by atoms with Gasteiger partial charge in [0.25, 0.3) is 0 Å². The quantitative estimate of drug-likeness (QED) is 0.0195. The van der Waals surface area contributed by atoms with E-state index in [2.05, 4.69) is 50.3 Å². The Kier molecular flexibility index (Phi) is 52.9. The number of quaternary nitrogens is 1. The number of hydrogen-bond acceptors (Lipinski definition) is 8. The molecule has 422 valence electrons. The molecule has 0 amide bonds. The molecule has 0 N–H and O–H groups in total. The van der Waals surface area contributed by atoms with Crippen molar-refractivity contribution in [3.05, 3.63) is 36.5 Å². The molecule has 9 heteroatoms. The summed E-state index contributed by atoms with van der Waals surface area (Å²) in [6, 6.07) is 0. The number of carboxylic acids is 1. The highest BCUT2D eigenvalue weighted by molar-refractivity contribution is 5.70. The minimum atomic E-state index is -1.62. The number of carbonyl (C=O) groups is 3. The Morgan fingerprint density at radius 2 is 0.792 bits per heavy atom. The highest BCUT2D eigenvalue weighted by Gasteiger charge is 2.22. The summed E-state index contributed by atoms with van der Waals surface area (Å²) in [6.45, 7) is 4.67. The summed E-state index contributed by atoms with van der Waals surface area (Å²) in [5, 5.41) is 11.8. The summed E-state index contributed by atoms with van der Waals surface area (Å²) < 4.78 is 22.7. The van der Waals surface area contributed by atoms with Crippen LogP contribution in [-0.2, 0) is 33.3 Å². The van der Waals surface area contributed by atoms with Crippen LogP contribution in [0.5, 0.6) is 0 Å². The second kappa shape index (κ2) is 54.8. The van der Waals surface area contributed by atoms with Gasteiger partial charge in [0, 0.05) is 12.8 Å². The number of hydrogen-bond donors (Lipinski definition) is 0. The van der Waals surface area contributed by atoms with Gasteiger partial charge in [0.15, 0.2) is 12.4 Å². The topological polar surface area (TPSA) is 111 Å². The maximum atomic E-state index is 12.8. The number of esters is 2. The number of likely N-dealkylation sites (N-methyl/N-ethyl adjacent to an activating group) is 1. The van der Waals surface area contributed by atoms with Crippen LogP contribution in [0.2, 0.25) is 0 Å². The Morgan fingerprint density at radius 3 is 1.18 bits per heavy atom. The van der Waals surface area contributed by atoms with E-state index in [1.165, 1.54) is 193 Å². The fourth-order valence-electron chi connectivity index (χ4n) is 8.97. The smallest absolute Gasteiger partial charge is 0.306 e. The molecule has 0 spiro atoms. The Labute approximate surface area is 445 Å². The van der Waals surface area contributed by atoms with Crippen molar-refractivity contribution < 1.29 is 42.9 Å². The SMILES string of the molecule is CC/C=C\C/C=C\C/C=C\CCCCCCCCCC(=O)OC(COC(=O)CCCCCCCCCCCCCCCCCCCCCCCCCCCCCCCC)COC(OCC[N+](C)(C)C)C(=O)[O-]. The number of rotatable bonds is 57. The molecule has 0 aromatic heterocycles. The molecule has 2 atom stereocenters. The van der Waals surface area contributed by atoms with Gasteiger partial charge in [-0.05, 0) is 44.9 Å². The maximum Gasteiger partial charge on any atom is 0.306 e. The van der Waals surface area contributed by atoms with Crippen LogP contribution >= 0.6 is 0 Å². The van der Waals surface area contributed by atoms with Crippen molar-refractivity contribution in [2.75, 3.05) is 47.5 Å². The summed E-state index contributed by atoms with van der Waals surface area (Å²) in [5.41, 5.74) is 0. The monoisotopic (exact) mass is 1020 g/mol. The number of nitrogens with zero attached hydrogens (tertiary/aromatic N) is 1. The van der Waals surface area contributed by atoms with Gasteiger partial charge in [-0.3, -0.25) is 9.59 Å². The standard InChI is InChI=1S/C63H117NO8/c1-6-8-10-12-14-16-18-20-22-24-25-26-27-28-29-30-31-32-33-34-35-36-38-39-41-43-45-47-49-51-53-60(65)70-57-59(58-71-63(62(67)68)69-56-55-64(3,4)5)72-61(66)54-52-50-48-46-44-42-40-37-23-21-19-17-15-13-11-9-7-2/h9,11,15,17,21,23,59,63H,6-8,10,12-14,16,18-20,22,24-58H2,1-5H3/b11-9-,17-15-,23-21-. The molecule has 0 aromatic rings. The van der Waals surface area contributed by atoms with Gasteiger partial charge in [-0.2, -0.15) is 0 Å². The van der Waals surface area contributed by atoms with Crippen LogP contribution in [0.3, 0.4) is 0 Å². The summed E-state index contributed by atoms with van der Waals surface area (Å²) in [6.07, 6.45) is 63.6. The van der Waals surface area contributed by atoms with Crippen molar-refractivity contribution in [2.45, 2.75) is 302 Å². The average molecular weight is 1020 g/mol. The number of ether oxygens (including phenoxy) is 4. The fraction of sp³-hybridized carbons (Fsp3) is 0.857. The Bertz CT molecular complexity index is 1270. The molecular weight excluding hydrogens is 899 g/mol. The molecule has 0 aliphatic rings. The first-order chi connectivity index (χ1) is 35.1. The van der Waals surface area contributed by atoms with Crippen molar-refractivity contribution in [3.8, 4) is 0 Å². The molecule has 0 rings (SSSR count). The van der Waals surface area contributed by atoms with Crippen molar-refractivity contribution in [1.82, 2.24) is 0 Å². The van der Waals surface area contributed by atoms with Crippen LogP contribution in [0.15, 0.2) is 36.5 Å². The number of aliphatic carboxylic acids is 1. The lowest BCUT2D eigenvalue weighted by Crippen LogP contribution is -2.44. The van der Waals surface area contributed by atoms with Crippen LogP contribution in [0.4, 0.5) is 0 Å². The van der Waals surface area contributed by atoms with E-state index in [9.17, 15) is 19.5 Å². The lowest BCUT2D eigenvalue weighted by Gasteiger charge is -2.26. The Morgan fingerprint density at radius 1 is 0.431 bits per heavy atom. The molecule has 0 aliphatic heterocycles. The molecule has 0 bridgehead atoms. The molecule has 0 aliphatic carbocycles. The lowest BCUT2D eigenvalue weighted by molar-refractivity contribution is -0.870. The summed E-state index contributed by atoms with van der Waals surface area (Å²) in [4.78, 5) is 37.3. The third-order valence-corrected chi connectivity index (χ3v) is 13.7. The van der Waals surface area contributed by atoms with Crippen LogP contribution in [0.1, 0.15) is 290 Å². The van der Waals surface area contributed by atoms with E-state index in [-0.39, 0.29) is 32.2 Å². The highest BCUT2D eigenvalue weighted by Crippen LogP contribution is 2.18. The zero-order valence-corrected chi connectivity index (χ0v) is 48.1. The Balaban J connectivity index is 4.09. The number of allylic oxidation sites excluding steroid dienone is 6. The normalized spacial score (nSPS) is 13.0. The number of unbranched alkanes of at least 4 members (excludes halogenated alkanes) is 36. The third kappa shape index (κ3) is 55.3. The number of carboxylic acid groups (broad SMARTS) is 1. The van der Waals surface area contributed by atoms with Crippen molar-refractivity contribution in [2.24, 2.45) is 0 Å². The van der Waals surface area contributed by atoms with E-state index in [1.807, 2.05) is 21.1 Å². The second-order valence-electron chi connectivity index (χ2n) is 22.0. The van der Waals surface area contributed by atoms with Crippen LogP contribution in [-0.4, -0.2) is 82.3 Å². The molecule has 0 radical (unpaired) electrons. The van der Waals surface area contributed by atoms with E-state index >= 15 is 0 Å². The lowest BCUT2D eigenvalue weighted by atomic mass is 10.0. The summed E-state index contributed by atoms with van der Waals surface area (Å²) in [5.74, 6) is -2.28. The largest absolute Gasteiger partial charge is 0.545 e. The minimum Gasteiger partial charge on any atom is -0.545 e. The van der Waals surface area contributed by atoms with Gasteiger partial charge >= 0.3 is 11.9 Å². The van der Waals surface area contributed by atoms with Gasteiger partial charge in [-0.1, -0.05) is 269 Å². The highest BCUT2D eigenvalue weighted by atomic mass is 16.7. The Hall–Kier alpha value is -2.49. The first-order valence-corrected chi connectivity index (χ1v) is 30.6. The first kappa shape index (κ1) is 69.5. The van der Waals surface area contributed by atoms with Gasteiger partial charge in [0.1, 0.15) is 13.2 Å². The van der Waals surface area contributed by atoms with Crippen LogP contribution in [0, 0.1) is 0 Å². The predicted octanol–water partition coefficient (Wildman–Crippen LogP) is 16.7. The first-order valence-electron chi connectivity index (χ1n) is 30.6. The maximum absolute atomic E-state index is 12.8. The van der Waals surface area contributed by atoms with E-state index < -0.39 is 24.3 Å². The van der Waals surface area contributed by atoms with E-state index in [0.29, 0.717) is 23.9 Å². The summed E-state index contributed by atoms with van der Waals surface area (Å²) in [7, 11) is 5.92. The zero-order chi connectivity index (χ0) is 52.7. The molecule has 2 unspecified atom stereocenters. The molecule has 0 saturated carbocycles. The molecule has 72 heavy (non-hydrogen) atoms. The van der Waals surface area contributed by atoms with E-state index in [1.54, 1.807) is 0 Å². The molecule has 9 nitrogen and oxygen atoms in total. The zero-order valence-electron chi connectivity index (χ0n) is 48.1. The predicted molar refractivity (Wildman–Crippen MR) is 302 cm³/mol. The summed E-state index contributed by atoms with van der Waals surface area (Å²) >= 11 is 0. The van der Waals surface area contributed by atoms with Gasteiger partial charge in [-0.25, -0.2) is 0 Å². The molecule has 0 heterocycles. The fourth-order valence-corrected chi connectivity index (χ4v) is 8.97. The number of carbonyl (C=O) groups excluding carboxylic acids is 3. The van der Waals surface area contributed by atoms with Crippen molar-refractivity contribution in [3.63, 3.8) is 0 Å². The van der Waals surface area contributed by atoms with Crippen LogP contribution < -0.4 is 5.11 Å². The average Bonchev–Trinajstić information content (AvgIpc) is 3.35. The van der Waals surface area contributed by atoms with E-state index in [4.69, 9.17) is 18.9 Å². The molecule has 0 aromatic carbocycles. The van der Waals surface area contributed by atoms with Gasteiger partial charge in [0.05, 0.1) is 40.3 Å². The van der Waals surface area contributed by atoms with Gasteiger partial charge in [-0.15, -0.1) is 0 Å². The van der Waals surface area contributed by atoms with Crippen molar-refractivity contribution in [1.29, 1.82) is 0 Å². The van der Waals surface area contributed by atoms with Crippen LogP contribution in [0.25, 0.3) is 0 Å². The van der Waals surface area contributed by atoms with Crippen molar-refractivity contribution >= 4 is 17.9 Å². The third-order valence-electron chi connectivity index (χ3n) is 13.7. The van der Waals surface area contributed by atoms with Gasteiger partial charge in [0.2, 0.25) is 0 Å². The molecular formula is C63H117NO8. The van der Waals surface area contributed by atoms with Gasteiger partial charge < -0.3 is 33.3 Å².